The molecule has 1 aliphatic rings. The third kappa shape index (κ3) is 1.53. The van der Waals surface area contributed by atoms with Crippen molar-refractivity contribution < 1.29 is 0 Å². The molecule has 0 unspecified atom stereocenters. The molecule has 1 heterocycles. The summed E-state index contributed by atoms with van der Waals surface area (Å²) in [5, 5.41) is 1.48. The van der Waals surface area contributed by atoms with Gasteiger partial charge in [0.1, 0.15) is 8.77 Å². The average molecular weight is 223 g/mol. The summed E-state index contributed by atoms with van der Waals surface area (Å²) in [6.07, 6.45) is 0. The van der Waals surface area contributed by atoms with Crippen LogP contribution in [0, 0.1) is 0 Å². The summed E-state index contributed by atoms with van der Waals surface area (Å²) < 4.78 is 0. The van der Waals surface area contributed by atoms with Crippen molar-refractivity contribution >= 4 is 28.3 Å². The molecule has 1 aliphatic heterocycles. The van der Waals surface area contributed by atoms with Crippen molar-refractivity contribution in [2.24, 2.45) is 0 Å². The van der Waals surface area contributed by atoms with Gasteiger partial charge in [-0.15, -0.1) is 0 Å². The van der Waals surface area contributed by atoms with Gasteiger partial charge in [0.25, 0.3) is 0 Å². The number of hydrogen-bond donors (Lipinski definition) is 1. The average Bonchev–Trinajstić information content (AvgIpc) is 2.48. The minimum Gasteiger partial charge on any atom is -0.393 e. The maximum absolute atomic E-state index is 3.51. The van der Waals surface area contributed by atoms with Crippen molar-refractivity contribution in [3.8, 4) is 11.1 Å². The summed E-state index contributed by atoms with van der Waals surface area (Å²) in [5.41, 5.74) is 4.00. The van der Waals surface area contributed by atoms with E-state index in [1.54, 1.807) is 0 Å². The Labute approximate surface area is 93.2 Å². The van der Waals surface area contributed by atoms with Gasteiger partial charge in [-0.3, -0.25) is 0 Å². The molecule has 3 rings (SSSR count). The van der Waals surface area contributed by atoms with Gasteiger partial charge in [-0.1, -0.05) is 42.5 Å². The summed E-state index contributed by atoms with van der Waals surface area (Å²) >= 11 is 0. The van der Waals surface area contributed by atoms with Crippen LogP contribution in [0.1, 0.15) is 0 Å². The second kappa shape index (κ2) is 3.68. The van der Waals surface area contributed by atoms with E-state index in [-0.39, 0.29) is 0 Å². The van der Waals surface area contributed by atoms with E-state index in [0.717, 1.165) is 17.4 Å². The van der Waals surface area contributed by atoms with Gasteiger partial charge in [0.05, 0.1) is 8.61 Å². The Hall–Kier alpha value is -1.33. The molecule has 0 saturated heterocycles. The summed E-state index contributed by atoms with van der Waals surface area (Å²) in [6.45, 7) is 0. The summed E-state index contributed by atoms with van der Waals surface area (Å²) in [6, 6.07) is 17.3. The Morgan fingerprint density at radius 1 is 0.800 bits per heavy atom. The van der Waals surface area contributed by atoms with Crippen molar-refractivity contribution in [3.05, 3.63) is 48.5 Å². The maximum Gasteiger partial charge on any atom is 0.131 e. The van der Waals surface area contributed by atoms with Gasteiger partial charge in [0.2, 0.25) is 0 Å². The first-order valence-electron chi connectivity index (χ1n) is 4.90. The third-order valence-electron chi connectivity index (χ3n) is 2.54. The molecule has 70 valence electrons. The van der Waals surface area contributed by atoms with Crippen LogP contribution in [0.5, 0.6) is 0 Å². The molecule has 0 aromatic heterocycles. The number of anilines is 1. The van der Waals surface area contributed by atoms with E-state index in [1.165, 1.54) is 22.0 Å². The van der Waals surface area contributed by atoms with Gasteiger partial charge < -0.3 is 4.98 Å². The van der Waals surface area contributed by atoms with Crippen LogP contribution in [0.25, 0.3) is 11.1 Å². The number of para-hydroxylation sites is 1. The number of benzene rings is 2. The molecule has 0 spiro atoms. The fourth-order valence-corrected chi connectivity index (χ4v) is 4.55. The predicted molar refractivity (Wildman–Crippen MR) is 66.6 cm³/mol. The first-order chi connectivity index (χ1) is 7.45. The fourth-order valence-electron chi connectivity index (χ4n) is 1.82. The van der Waals surface area contributed by atoms with Crippen LogP contribution in [0.3, 0.4) is 0 Å². The largest absolute Gasteiger partial charge is 0.393 e. The van der Waals surface area contributed by atoms with Crippen LogP contribution in [0.2, 0.25) is 0 Å². The van der Waals surface area contributed by atoms with Gasteiger partial charge in [0, 0.05) is 11.3 Å². The Kier molecular flexibility index (Phi) is 2.19. The SMILES string of the molecule is c1ccc2c(c1)N[Si]=[Si]c1ccccc1-2. The van der Waals surface area contributed by atoms with E-state index in [0.29, 0.717) is 0 Å². The maximum atomic E-state index is 3.51. The smallest absolute Gasteiger partial charge is 0.131 e. The first-order valence-corrected chi connectivity index (χ1v) is 7.90. The summed E-state index contributed by atoms with van der Waals surface area (Å²) in [5.74, 6) is 0. The molecule has 2 aromatic rings. The zero-order chi connectivity index (χ0) is 10.1. The van der Waals surface area contributed by atoms with E-state index in [2.05, 4.69) is 53.5 Å². The second-order valence-corrected chi connectivity index (χ2v) is 6.25. The quantitative estimate of drug-likeness (QED) is 0.670. The summed E-state index contributed by atoms with van der Waals surface area (Å²) in [7, 11) is 1.69. The fraction of sp³-hybridized carbons (Fsp3) is 0. The van der Waals surface area contributed by atoms with Gasteiger partial charge in [-0.2, -0.15) is 0 Å². The zero-order valence-corrected chi connectivity index (χ0v) is 10.1. The minimum absolute atomic E-state index is 0.807. The predicted octanol–water partition coefficient (Wildman–Crippen LogP) is 1.64. The molecule has 0 bridgehead atoms. The molecule has 0 amide bonds. The van der Waals surface area contributed by atoms with Crippen molar-refractivity contribution in [2.75, 3.05) is 4.98 Å². The third-order valence-corrected chi connectivity index (χ3v) is 5.32. The van der Waals surface area contributed by atoms with Crippen molar-refractivity contribution in [2.45, 2.75) is 0 Å². The molecule has 15 heavy (non-hydrogen) atoms. The van der Waals surface area contributed by atoms with Crippen LogP contribution in [-0.2, 0) is 0 Å². The Bertz CT molecular complexity index is 535. The second-order valence-electron chi connectivity index (χ2n) is 3.47. The Balaban J connectivity index is 2.33. The lowest BCUT2D eigenvalue weighted by Crippen LogP contribution is -2.12. The van der Waals surface area contributed by atoms with Crippen molar-refractivity contribution in [1.29, 1.82) is 0 Å². The Morgan fingerprint density at radius 2 is 1.53 bits per heavy atom. The molecule has 1 N–H and O–H groups in total. The highest BCUT2D eigenvalue weighted by Crippen LogP contribution is 2.26. The van der Waals surface area contributed by atoms with E-state index in [1.807, 2.05) is 0 Å². The molecule has 2 radical (unpaired) electrons. The van der Waals surface area contributed by atoms with Gasteiger partial charge in [-0.05, 0) is 16.8 Å². The molecule has 3 heteroatoms. The lowest BCUT2D eigenvalue weighted by Gasteiger charge is -2.08. The molecule has 0 aliphatic carbocycles. The van der Waals surface area contributed by atoms with Crippen LogP contribution in [0.4, 0.5) is 5.69 Å². The lowest BCUT2D eigenvalue weighted by atomic mass is 10.0. The topological polar surface area (TPSA) is 12.0 Å². The van der Waals surface area contributed by atoms with Crippen molar-refractivity contribution in [1.82, 2.24) is 0 Å². The summed E-state index contributed by atoms with van der Waals surface area (Å²) in [4.78, 5) is 3.51. The molecule has 0 saturated carbocycles. The molecule has 1 nitrogen and oxygen atoms in total. The monoisotopic (exact) mass is 223 g/mol. The molecular weight excluding hydrogens is 214 g/mol. The Morgan fingerprint density at radius 3 is 2.47 bits per heavy atom. The van der Waals surface area contributed by atoms with Gasteiger partial charge >= 0.3 is 0 Å². The van der Waals surface area contributed by atoms with Gasteiger partial charge in [-0.25, -0.2) is 0 Å². The highest BCUT2D eigenvalue weighted by Gasteiger charge is 2.09. The van der Waals surface area contributed by atoms with E-state index in [9.17, 15) is 0 Å². The zero-order valence-electron chi connectivity index (χ0n) is 8.12. The molecule has 0 atom stereocenters. The van der Waals surface area contributed by atoms with Crippen LogP contribution in [-0.4, -0.2) is 17.4 Å². The number of rotatable bonds is 0. The van der Waals surface area contributed by atoms with Crippen molar-refractivity contribution in [3.63, 3.8) is 0 Å². The highest BCUT2D eigenvalue weighted by molar-refractivity contribution is 6.84. The lowest BCUT2D eigenvalue weighted by molar-refractivity contribution is 1.63. The number of nitrogens with one attached hydrogen (secondary N) is 1. The number of fused-ring (bicyclic) bond motifs is 3. The molecular formula is C12H9NSi2. The minimum atomic E-state index is 0.807. The normalized spacial score (nSPS) is 12.3. The number of hydrogen-bond acceptors (Lipinski definition) is 1. The van der Waals surface area contributed by atoms with Crippen LogP contribution in [0.15, 0.2) is 48.5 Å². The molecule has 2 aromatic carbocycles. The highest BCUT2D eigenvalue weighted by atomic mass is 28.9. The van der Waals surface area contributed by atoms with E-state index < -0.39 is 0 Å². The van der Waals surface area contributed by atoms with E-state index >= 15 is 0 Å². The van der Waals surface area contributed by atoms with Crippen LogP contribution < -0.4 is 10.2 Å². The standard InChI is InChI=1S/C12H9NSi2/c1-3-7-11-9(5-1)10-6-2-4-8-12(10)14-15-13-11/h1-8,13H. The first kappa shape index (κ1) is 8.94. The molecule has 0 fully saturated rings. The van der Waals surface area contributed by atoms with E-state index in [4.69, 9.17) is 0 Å². The van der Waals surface area contributed by atoms with Crippen LogP contribution >= 0.6 is 0 Å². The van der Waals surface area contributed by atoms with Gasteiger partial charge in [0.15, 0.2) is 0 Å².